The quantitative estimate of drug-likeness (QED) is 0.341. The first-order chi connectivity index (χ1) is 13.2. The van der Waals surface area contributed by atoms with Crippen molar-refractivity contribution in [3.63, 3.8) is 0 Å². The number of unbranched alkanes of at least 4 members (excludes halogenated alkanes) is 2. The number of rotatable bonds is 10. The third-order valence-electron chi connectivity index (χ3n) is 4.19. The van der Waals surface area contributed by atoms with Crippen molar-refractivity contribution in [2.45, 2.75) is 32.1 Å². The van der Waals surface area contributed by atoms with E-state index in [1.54, 1.807) is 5.48 Å². The van der Waals surface area contributed by atoms with Crippen molar-refractivity contribution < 1.29 is 14.8 Å². The zero-order chi connectivity index (χ0) is 19.3. The number of benzene rings is 2. The van der Waals surface area contributed by atoms with Crippen molar-refractivity contribution in [2.75, 3.05) is 6.54 Å². The van der Waals surface area contributed by atoms with Crippen molar-refractivity contribution in [3.05, 3.63) is 77.9 Å². The highest BCUT2D eigenvalue weighted by Crippen LogP contribution is 2.23. The summed E-state index contributed by atoms with van der Waals surface area (Å²) in [5.74, 6) is -0.397. The molecule has 0 saturated carbocycles. The molecule has 27 heavy (non-hydrogen) atoms. The minimum atomic E-state index is -0.376. The minimum Gasteiger partial charge on any atom is -0.356 e. The predicted octanol–water partition coefficient (Wildman–Crippen LogP) is 3.69. The van der Waals surface area contributed by atoms with Gasteiger partial charge >= 0.3 is 0 Å². The fourth-order valence-electron chi connectivity index (χ4n) is 2.78. The molecule has 2 amide bonds. The summed E-state index contributed by atoms with van der Waals surface area (Å²) in [7, 11) is 0. The SMILES string of the molecule is O=C(CCCCCNC(=O)CC=C(c1ccccc1)c1ccccc1)NO. The van der Waals surface area contributed by atoms with E-state index in [1.807, 2.05) is 66.7 Å². The van der Waals surface area contributed by atoms with Crippen LogP contribution in [0, 0.1) is 0 Å². The Morgan fingerprint density at radius 1 is 0.815 bits per heavy atom. The fraction of sp³-hybridized carbons (Fsp3) is 0.273. The Hall–Kier alpha value is -2.92. The van der Waals surface area contributed by atoms with Crippen molar-refractivity contribution in [1.82, 2.24) is 10.8 Å². The molecule has 0 fully saturated rings. The van der Waals surface area contributed by atoms with E-state index in [1.165, 1.54) is 0 Å². The van der Waals surface area contributed by atoms with E-state index < -0.39 is 0 Å². The van der Waals surface area contributed by atoms with Crippen LogP contribution in [-0.4, -0.2) is 23.6 Å². The van der Waals surface area contributed by atoms with Gasteiger partial charge in [-0.2, -0.15) is 0 Å². The predicted molar refractivity (Wildman–Crippen MR) is 106 cm³/mol. The maximum absolute atomic E-state index is 12.1. The molecule has 2 aromatic carbocycles. The smallest absolute Gasteiger partial charge is 0.243 e. The first kappa shape index (κ1) is 20.4. The molecule has 142 valence electrons. The number of amides is 2. The number of carbonyl (C=O) groups is 2. The van der Waals surface area contributed by atoms with Gasteiger partial charge in [-0.3, -0.25) is 14.8 Å². The van der Waals surface area contributed by atoms with Gasteiger partial charge in [0.05, 0.1) is 0 Å². The van der Waals surface area contributed by atoms with Gasteiger partial charge in [-0.15, -0.1) is 0 Å². The van der Waals surface area contributed by atoms with Crippen LogP contribution in [0.2, 0.25) is 0 Å². The zero-order valence-corrected chi connectivity index (χ0v) is 15.4. The van der Waals surface area contributed by atoms with Crippen LogP contribution in [0.15, 0.2) is 66.7 Å². The van der Waals surface area contributed by atoms with Gasteiger partial charge in [-0.25, -0.2) is 5.48 Å². The Morgan fingerprint density at radius 2 is 1.41 bits per heavy atom. The van der Waals surface area contributed by atoms with Crippen LogP contribution in [0.4, 0.5) is 0 Å². The molecule has 5 heteroatoms. The van der Waals surface area contributed by atoms with Gasteiger partial charge in [-0.1, -0.05) is 73.2 Å². The summed E-state index contributed by atoms with van der Waals surface area (Å²) < 4.78 is 0. The number of hydrogen-bond donors (Lipinski definition) is 3. The molecule has 0 spiro atoms. The molecule has 5 nitrogen and oxygen atoms in total. The molecular formula is C22H26N2O3. The van der Waals surface area contributed by atoms with Crippen LogP contribution in [0.5, 0.6) is 0 Å². The summed E-state index contributed by atoms with van der Waals surface area (Å²) in [5, 5.41) is 11.3. The monoisotopic (exact) mass is 366 g/mol. The van der Waals surface area contributed by atoms with Gasteiger partial charge in [0, 0.05) is 19.4 Å². The number of hydroxylamine groups is 1. The molecule has 0 saturated heterocycles. The summed E-state index contributed by atoms with van der Waals surface area (Å²) in [6.45, 7) is 0.583. The second kappa shape index (κ2) is 11.6. The van der Waals surface area contributed by atoms with E-state index >= 15 is 0 Å². The second-order valence-corrected chi connectivity index (χ2v) is 6.25. The molecule has 0 heterocycles. The molecule has 0 atom stereocenters. The van der Waals surface area contributed by atoms with Crippen molar-refractivity contribution in [1.29, 1.82) is 0 Å². The molecule has 2 aromatic rings. The average molecular weight is 366 g/mol. The van der Waals surface area contributed by atoms with E-state index in [4.69, 9.17) is 5.21 Å². The van der Waals surface area contributed by atoms with Gasteiger partial charge in [0.25, 0.3) is 0 Å². The Balaban J connectivity index is 1.85. The standard InChI is InChI=1S/C22H26N2O3/c25-21(23-17-9-3-8-14-22(26)24-27)16-15-20(18-10-4-1-5-11-18)19-12-6-2-7-13-19/h1-2,4-7,10-13,15,27H,3,8-9,14,16-17H2,(H,23,25)(H,24,26). The largest absolute Gasteiger partial charge is 0.356 e. The molecule has 0 unspecified atom stereocenters. The van der Waals surface area contributed by atoms with Crippen molar-refractivity contribution in [2.24, 2.45) is 0 Å². The van der Waals surface area contributed by atoms with Crippen LogP contribution in [0.25, 0.3) is 5.57 Å². The molecule has 0 aliphatic rings. The van der Waals surface area contributed by atoms with Crippen LogP contribution >= 0.6 is 0 Å². The molecule has 0 aliphatic carbocycles. The highest BCUT2D eigenvalue weighted by molar-refractivity contribution is 5.85. The second-order valence-electron chi connectivity index (χ2n) is 6.25. The molecule has 0 aliphatic heterocycles. The van der Waals surface area contributed by atoms with Gasteiger partial charge in [0.1, 0.15) is 0 Å². The Kier molecular flexibility index (Phi) is 8.80. The van der Waals surface area contributed by atoms with E-state index in [2.05, 4.69) is 5.32 Å². The highest BCUT2D eigenvalue weighted by Gasteiger charge is 2.06. The lowest BCUT2D eigenvalue weighted by Crippen LogP contribution is -2.23. The van der Waals surface area contributed by atoms with Gasteiger partial charge in [-0.05, 0) is 29.5 Å². The first-order valence-corrected chi connectivity index (χ1v) is 9.21. The summed E-state index contributed by atoms with van der Waals surface area (Å²) in [4.78, 5) is 23.0. The zero-order valence-electron chi connectivity index (χ0n) is 15.4. The normalized spacial score (nSPS) is 10.1. The first-order valence-electron chi connectivity index (χ1n) is 9.21. The maximum Gasteiger partial charge on any atom is 0.243 e. The number of hydrogen-bond acceptors (Lipinski definition) is 3. The lowest BCUT2D eigenvalue weighted by molar-refractivity contribution is -0.129. The molecule has 3 N–H and O–H groups in total. The number of carbonyl (C=O) groups excluding carboxylic acids is 2. The number of nitrogens with one attached hydrogen (secondary N) is 2. The molecule has 0 radical (unpaired) electrons. The Labute approximate surface area is 160 Å². The molecular weight excluding hydrogens is 340 g/mol. The third-order valence-corrected chi connectivity index (χ3v) is 4.19. The van der Waals surface area contributed by atoms with Crippen LogP contribution in [0.3, 0.4) is 0 Å². The average Bonchev–Trinajstić information content (AvgIpc) is 2.72. The lowest BCUT2D eigenvalue weighted by atomic mass is 9.97. The minimum absolute atomic E-state index is 0.0209. The van der Waals surface area contributed by atoms with Crippen molar-refractivity contribution >= 4 is 17.4 Å². The van der Waals surface area contributed by atoms with Crippen LogP contribution < -0.4 is 10.8 Å². The Morgan fingerprint density at radius 3 is 1.96 bits per heavy atom. The summed E-state index contributed by atoms with van der Waals surface area (Å²) in [6.07, 6.45) is 4.89. The third kappa shape index (κ3) is 7.46. The molecule has 0 aromatic heterocycles. The Bertz CT molecular complexity index is 701. The topological polar surface area (TPSA) is 78.4 Å². The van der Waals surface area contributed by atoms with E-state index in [9.17, 15) is 9.59 Å². The molecule has 0 bridgehead atoms. The van der Waals surface area contributed by atoms with Gasteiger partial charge in [0.15, 0.2) is 0 Å². The van der Waals surface area contributed by atoms with Crippen molar-refractivity contribution in [3.8, 4) is 0 Å². The summed E-state index contributed by atoms with van der Waals surface area (Å²) in [5.41, 5.74) is 4.82. The summed E-state index contributed by atoms with van der Waals surface area (Å²) >= 11 is 0. The fourth-order valence-corrected chi connectivity index (χ4v) is 2.78. The van der Waals surface area contributed by atoms with Crippen LogP contribution in [0.1, 0.15) is 43.2 Å². The van der Waals surface area contributed by atoms with Gasteiger partial charge < -0.3 is 5.32 Å². The van der Waals surface area contributed by atoms with Crippen LogP contribution in [-0.2, 0) is 9.59 Å². The van der Waals surface area contributed by atoms with Gasteiger partial charge in [0.2, 0.25) is 11.8 Å². The van der Waals surface area contributed by atoms with E-state index in [0.29, 0.717) is 25.8 Å². The van der Waals surface area contributed by atoms with E-state index in [0.717, 1.165) is 29.5 Å². The lowest BCUT2D eigenvalue weighted by Gasteiger charge is -2.09. The summed E-state index contributed by atoms with van der Waals surface area (Å²) in [6, 6.07) is 20.1. The molecule has 2 rings (SSSR count). The van der Waals surface area contributed by atoms with E-state index in [-0.39, 0.29) is 11.8 Å². The maximum atomic E-state index is 12.1. The highest BCUT2D eigenvalue weighted by atomic mass is 16.5.